The molecule has 6 rings (SSSR count). The van der Waals surface area contributed by atoms with Crippen molar-refractivity contribution in [2.75, 3.05) is 26.6 Å². The number of methoxy groups -OCH3 is 1. The lowest BCUT2D eigenvalue weighted by Crippen LogP contribution is -2.27. The molecule has 5 aromatic rings. The van der Waals surface area contributed by atoms with E-state index in [0.717, 1.165) is 18.4 Å². The van der Waals surface area contributed by atoms with Crippen molar-refractivity contribution < 1.29 is 22.0 Å². The van der Waals surface area contributed by atoms with Crippen molar-refractivity contribution in [1.82, 2.24) is 24.5 Å². The van der Waals surface area contributed by atoms with Crippen LogP contribution in [-0.4, -0.2) is 59.5 Å². The zero-order valence-corrected chi connectivity index (χ0v) is 22.8. The summed E-state index contributed by atoms with van der Waals surface area (Å²) in [4.78, 5) is 4.99. The Kier molecular flexibility index (Phi) is 5.53. The summed E-state index contributed by atoms with van der Waals surface area (Å²) in [6, 6.07) is 14.8. The Morgan fingerprint density at radius 2 is 1.92 bits per heavy atom. The highest BCUT2D eigenvalue weighted by Gasteiger charge is 2.33. The molecule has 0 aliphatic carbocycles. The van der Waals surface area contributed by atoms with Gasteiger partial charge in [-0.1, -0.05) is 35.5 Å². The predicted octanol–water partition coefficient (Wildman–Crippen LogP) is 4.72. The van der Waals surface area contributed by atoms with Crippen LogP contribution >= 0.6 is 0 Å². The Labute approximate surface area is 231 Å². The lowest BCUT2D eigenvalue weighted by molar-refractivity contribution is 0.0552. The second kappa shape index (κ2) is 9.77. The van der Waals surface area contributed by atoms with Crippen molar-refractivity contribution in [2.45, 2.75) is 30.6 Å². The van der Waals surface area contributed by atoms with Gasteiger partial charge in [-0.2, -0.15) is 0 Å². The number of aromatic nitrogens is 5. The average molecular weight is 549 g/mol. The first kappa shape index (κ1) is 22.1. The van der Waals surface area contributed by atoms with Crippen LogP contribution in [0.25, 0.3) is 33.2 Å². The third-order valence-corrected chi connectivity index (χ3v) is 8.69. The maximum atomic E-state index is 13.3. The van der Waals surface area contributed by atoms with Crippen LogP contribution in [0, 0.1) is 12.8 Å². The third kappa shape index (κ3) is 4.28. The normalized spacial score (nSPS) is 17.2. The fourth-order valence-electron chi connectivity index (χ4n) is 5.85. The highest BCUT2D eigenvalue weighted by atomic mass is 32.2. The molecule has 1 atom stereocenters. The van der Waals surface area contributed by atoms with Crippen LogP contribution in [-0.2, 0) is 21.6 Å². The van der Waals surface area contributed by atoms with E-state index in [1.807, 2.05) is 36.4 Å². The van der Waals surface area contributed by atoms with E-state index in [1.54, 1.807) is 32.5 Å². The lowest BCUT2D eigenvalue weighted by Gasteiger charge is -2.33. The first-order chi connectivity index (χ1) is 20.0. The Balaban J connectivity index is 1.78. The van der Waals surface area contributed by atoms with Gasteiger partial charge in [0.25, 0.3) is 0 Å². The molecule has 0 saturated carbocycles. The molecule has 1 fully saturated rings. The number of hydrogen-bond donors (Lipinski definition) is 0. The summed E-state index contributed by atoms with van der Waals surface area (Å²) in [5.41, 5.74) is 3.40. The molecule has 0 bridgehead atoms. The van der Waals surface area contributed by atoms with Gasteiger partial charge in [0.1, 0.15) is 5.75 Å². The molecule has 1 aliphatic rings. The van der Waals surface area contributed by atoms with Crippen LogP contribution in [0.2, 0.25) is 0 Å². The molecule has 0 N–H and O–H groups in total. The van der Waals surface area contributed by atoms with Gasteiger partial charge in [0.2, 0.25) is 0 Å². The number of ether oxygens (including phenoxy) is 2. The Morgan fingerprint density at radius 3 is 2.62 bits per heavy atom. The number of aryl methyl sites for hydroxylation is 2. The molecule has 2 aromatic carbocycles. The summed E-state index contributed by atoms with van der Waals surface area (Å²) in [5, 5.41) is 8.51. The van der Waals surface area contributed by atoms with E-state index in [-0.39, 0.29) is 22.5 Å². The molecule has 39 heavy (non-hydrogen) atoms. The molecular weight excluding hydrogens is 514 g/mol. The monoisotopic (exact) mass is 548 g/mol. The standard InChI is InChI=1S/C29H31N5O4S/c1-18-27(33(2)32-31-18)21-16-22-26(30-17-21)25-23(37-3)10-11-24(39(4,35)36)29(25)34(22)28(19-8-6-5-7-9-19)20-12-14-38-15-13-20/h5-11,16-17,20,28H,12-15H2,1-4H3/t28-/m1/s1/i1D3. The molecule has 9 nitrogen and oxygen atoms in total. The van der Waals surface area contributed by atoms with E-state index < -0.39 is 16.7 Å². The molecule has 4 heterocycles. The molecule has 3 aromatic heterocycles. The Hall–Kier alpha value is -3.76. The summed E-state index contributed by atoms with van der Waals surface area (Å²) in [6.45, 7) is -1.30. The highest BCUT2D eigenvalue weighted by Crippen LogP contribution is 2.45. The van der Waals surface area contributed by atoms with E-state index >= 15 is 0 Å². The molecule has 0 spiro atoms. The SMILES string of the molecule is [2H]C([2H])([2H])c1nnn(C)c1-c1cnc2c3c(OC)ccc(S(C)(=O)=O)c3n([C@H](c3ccccc3)C3CCOCC3)c2c1. The van der Waals surface area contributed by atoms with Gasteiger partial charge in [-0.25, -0.2) is 13.1 Å². The van der Waals surface area contributed by atoms with E-state index in [1.165, 1.54) is 10.9 Å². The maximum absolute atomic E-state index is 13.3. The van der Waals surface area contributed by atoms with Crippen molar-refractivity contribution in [3.8, 4) is 17.0 Å². The van der Waals surface area contributed by atoms with Crippen LogP contribution < -0.4 is 4.74 Å². The van der Waals surface area contributed by atoms with E-state index in [0.29, 0.717) is 52.2 Å². The molecule has 10 heteroatoms. The van der Waals surface area contributed by atoms with Crippen molar-refractivity contribution >= 4 is 31.8 Å². The van der Waals surface area contributed by atoms with Crippen molar-refractivity contribution in [3.05, 3.63) is 66.0 Å². The van der Waals surface area contributed by atoms with Gasteiger partial charge in [0.05, 0.1) is 51.4 Å². The first-order valence-electron chi connectivity index (χ1n) is 14.2. The molecular formula is C29H31N5O4S. The van der Waals surface area contributed by atoms with Gasteiger partial charge in [0, 0.05) is 42.4 Å². The lowest BCUT2D eigenvalue weighted by atomic mass is 9.86. The zero-order chi connectivity index (χ0) is 29.8. The number of sulfone groups is 1. The second-order valence-corrected chi connectivity index (χ2v) is 11.9. The molecule has 202 valence electrons. The topological polar surface area (TPSA) is 101 Å². The van der Waals surface area contributed by atoms with Crippen molar-refractivity contribution in [3.63, 3.8) is 0 Å². The molecule has 1 aliphatic heterocycles. The number of benzene rings is 2. The van der Waals surface area contributed by atoms with Crippen molar-refractivity contribution in [1.29, 1.82) is 0 Å². The molecule has 0 amide bonds. The van der Waals surface area contributed by atoms with Crippen LogP contribution in [0.5, 0.6) is 5.75 Å². The Morgan fingerprint density at radius 1 is 1.15 bits per heavy atom. The molecule has 0 radical (unpaired) electrons. The van der Waals surface area contributed by atoms with Gasteiger partial charge < -0.3 is 14.0 Å². The van der Waals surface area contributed by atoms with Gasteiger partial charge in [-0.3, -0.25) is 4.98 Å². The van der Waals surface area contributed by atoms with E-state index in [2.05, 4.69) is 14.9 Å². The van der Waals surface area contributed by atoms with Gasteiger partial charge in [-0.15, -0.1) is 5.10 Å². The number of rotatable bonds is 6. The summed E-state index contributed by atoms with van der Waals surface area (Å²) in [5.74, 6) is 0.615. The minimum atomic E-state index is -3.68. The number of nitrogens with zero attached hydrogens (tertiary/aromatic N) is 5. The smallest absolute Gasteiger partial charge is 0.177 e. The van der Waals surface area contributed by atoms with Gasteiger partial charge >= 0.3 is 0 Å². The van der Waals surface area contributed by atoms with Crippen LogP contribution in [0.1, 0.15) is 34.3 Å². The zero-order valence-electron chi connectivity index (χ0n) is 25.0. The van der Waals surface area contributed by atoms with Crippen LogP contribution in [0.15, 0.2) is 59.6 Å². The van der Waals surface area contributed by atoms with E-state index in [9.17, 15) is 8.42 Å². The quantitative estimate of drug-likeness (QED) is 0.303. The maximum Gasteiger partial charge on any atom is 0.177 e. The van der Waals surface area contributed by atoms with E-state index in [4.69, 9.17) is 18.6 Å². The fourth-order valence-corrected chi connectivity index (χ4v) is 6.72. The highest BCUT2D eigenvalue weighted by molar-refractivity contribution is 7.91. The summed E-state index contributed by atoms with van der Waals surface area (Å²) in [6.07, 6.45) is 4.34. The van der Waals surface area contributed by atoms with Crippen LogP contribution in [0.3, 0.4) is 0 Å². The predicted molar refractivity (Wildman–Crippen MR) is 150 cm³/mol. The van der Waals surface area contributed by atoms with Crippen LogP contribution in [0.4, 0.5) is 0 Å². The third-order valence-electron chi connectivity index (χ3n) is 7.56. The minimum Gasteiger partial charge on any atom is -0.496 e. The average Bonchev–Trinajstić information content (AvgIpc) is 3.52. The second-order valence-electron chi connectivity index (χ2n) is 9.94. The van der Waals surface area contributed by atoms with Gasteiger partial charge in [-0.05, 0) is 49.4 Å². The number of hydrogen-bond acceptors (Lipinski definition) is 7. The number of fused-ring (bicyclic) bond motifs is 3. The Bertz CT molecular complexity index is 1900. The summed E-state index contributed by atoms with van der Waals surface area (Å²) < 4.78 is 65.6. The fraction of sp³-hybridized carbons (Fsp3) is 0.345. The first-order valence-corrected chi connectivity index (χ1v) is 14.6. The van der Waals surface area contributed by atoms with Gasteiger partial charge in [0.15, 0.2) is 9.84 Å². The largest absolute Gasteiger partial charge is 0.496 e. The number of pyridine rings is 1. The summed E-state index contributed by atoms with van der Waals surface area (Å²) in [7, 11) is -0.503. The molecule has 0 unspecified atom stereocenters. The summed E-state index contributed by atoms with van der Waals surface area (Å²) >= 11 is 0. The van der Waals surface area contributed by atoms with Crippen molar-refractivity contribution in [2.24, 2.45) is 13.0 Å². The minimum absolute atomic E-state index is 0.124. The molecule has 1 saturated heterocycles.